The van der Waals surface area contributed by atoms with Crippen molar-refractivity contribution in [1.82, 2.24) is 15.5 Å². The van der Waals surface area contributed by atoms with E-state index in [1.165, 1.54) is 38.3 Å². The van der Waals surface area contributed by atoms with Gasteiger partial charge in [0.05, 0.1) is 5.69 Å². The standard InChI is InChI=1S/C14H22N3/c1-2-16-9-11-17(12-10-16)8-7-13-3-5-14(15)6-4-13/h3-6,15H,2,7-12H2,1H3. The molecule has 0 aliphatic carbocycles. The average molecular weight is 232 g/mol. The molecule has 0 atom stereocenters. The maximum atomic E-state index is 7.45. The van der Waals surface area contributed by atoms with E-state index in [0.717, 1.165) is 13.0 Å². The Bertz CT molecular complexity index is 326. The molecule has 1 N–H and O–H groups in total. The van der Waals surface area contributed by atoms with E-state index in [0.29, 0.717) is 5.69 Å². The van der Waals surface area contributed by atoms with Crippen molar-refractivity contribution >= 4 is 5.69 Å². The fourth-order valence-corrected chi connectivity index (χ4v) is 2.29. The molecule has 1 aromatic rings. The minimum absolute atomic E-state index is 0.602. The van der Waals surface area contributed by atoms with Gasteiger partial charge in [-0.1, -0.05) is 19.1 Å². The van der Waals surface area contributed by atoms with Gasteiger partial charge < -0.3 is 15.5 Å². The van der Waals surface area contributed by atoms with Crippen LogP contribution in [0, 0.1) is 0 Å². The van der Waals surface area contributed by atoms with Gasteiger partial charge in [-0.25, -0.2) is 0 Å². The van der Waals surface area contributed by atoms with E-state index in [1.54, 1.807) is 0 Å². The number of piperazine rings is 1. The van der Waals surface area contributed by atoms with Gasteiger partial charge in [0.2, 0.25) is 0 Å². The molecule has 1 aliphatic rings. The van der Waals surface area contributed by atoms with Gasteiger partial charge in [0, 0.05) is 32.7 Å². The van der Waals surface area contributed by atoms with Crippen LogP contribution in [0.2, 0.25) is 0 Å². The van der Waals surface area contributed by atoms with Crippen LogP contribution in [0.5, 0.6) is 0 Å². The van der Waals surface area contributed by atoms with E-state index >= 15 is 0 Å². The largest absolute Gasteiger partial charge is 0.301 e. The molecule has 17 heavy (non-hydrogen) atoms. The quantitative estimate of drug-likeness (QED) is 0.792. The highest BCUT2D eigenvalue weighted by atomic mass is 15.3. The molecule has 1 aromatic carbocycles. The Morgan fingerprint density at radius 2 is 1.59 bits per heavy atom. The fourth-order valence-electron chi connectivity index (χ4n) is 2.29. The molecule has 1 saturated heterocycles. The molecule has 1 radical (unpaired) electrons. The van der Waals surface area contributed by atoms with E-state index in [1.807, 2.05) is 12.1 Å². The monoisotopic (exact) mass is 232 g/mol. The highest BCUT2D eigenvalue weighted by Gasteiger charge is 2.14. The van der Waals surface area contributed by atoms with E-state index in [4.69, 9.17) is 5.73 Å². The lowest BCUT2D eigenvalue weighted by Crippen LogP contribution is -2.46. The summed E-state index contributed by atoms with van der Waals surface area (Å²) in [5.41, 5.74) is 9.40. The third-order valence-electron chi connectivity index (χ3n) is 3.58. The van der Waals surface area contributed by atoms with Gasteiger partial charge in [0.25, 0.3) is 0 Å². The lowest BCUT2D eigenvalue weighted by molar-refractivity contribution is 0.138. The molecular weight excluding hydrogens is 210 g/mol. The van der Waals surface area contributed by atoms with Crippen molar-refractivity contribution < 1.29 is 0 Å². The van der Waals surface area contributed by atoms with E-state index in [2.05, 4.69) is 28.9 Å². The number of likely N-dealkylation sites (N-methyl/N-ethyl adjacent to an activating group) is 1. The number of benzene rings is 1. The predicted molar refractivity (Wildman–Crippen MR) is 71.5 cm³/mol. The molecule has 0 unspecified atom stereocenters. The molecular formula is C14H22N3. The molecule has 93 valence electrons. The van der Waals surface area contributed by atoms with Gasteiger partial charge in [0.15, 0.2) is 0 Å². The van der Waals surface area contributed by atoms with Crippen molar-refractivity contribution in [3.8, 4) is 0 Å². The number of rotatable bonds is 4. The summed E-state index contributed by atoms with van der Waals surface area (Å²) in [6.07, 6.45) is 1.10. The Kier molecular flexibility index (Phi) is 4.40. The first-order chi connectivity index (χ1) is 8.28. The van der Waals surface area contributed by atoms with Crippen LogP contribution in [-0.4, -0.2) is 49.1 Å². The topological polar surface area (TPSA) is 30.3 Å². The molecule has 0 amide bonds. The minimum Gasteiger partial charge on any atom is -0.301 e. The normalized spacial score (nSPS) is 18.4. The smallest absolute Gasteiger partial charge is 0.0540 e. The van der Waals surface area contributed by atoms with Crippen molar-refractivity contribution in [1.29, 1.82) is 0 Å². The van der Waals surface area contributed by atoms with E-state index in [9.17, 15) is 0 Å². The van der Waals surface area contributed by atoms with Crippen LogP contribution < -0.4 is 5.73 Å². The first kappa shape index (κ1) is 12.4. The highest BCUT2D eigenvalue weighted by molar-refractivity contribution is 5.35. The zero-order chi connectivity index (χ0) is 12.1. The third-order valence-corrected chi connectivity index (χ3v) is 3.58. The average Bonchev–Trinajstić information content (AvgIpc) is 2.39. The highest BCUT2D eigenvalue weighted by Crippen LogP contribution is 2.09. The zero-order valence-corrected chi connectivity index (χ0v) is 10.7. The summed E-state index contributed by atoms with van der Waals surface area (Å²) in [4.78, 5) is 5.05. The van der Waals surface area contributed by atoms with Crippen molar-refractivity contribution in [2.24, 2.45) is 0 Å². The minimum atomic E-state index is 0.602. The number of nitrogens with one attached hydrogen (secondary N) is 1. The van der Waals surface area contributed by atoms with Crippen molar-refractivity contribution in [3.63, 3.8) is 0 Å². The Labute approximate surface area is 104 Å². The summed E-state index contributed by atoms with van der Waals surface area (Å²) in [7, 11) is 0. The van der Waals surface area contributed by atoms with Crippen LogP contribution in [0.15, 0.2) is 24.3 Å². The van der Waals surface area contributed by atoms with Crippen LogP contribution in [0.1, 0.15) is 12.5 Å². The summed E-state index contributed by atoms with van der Waals surface area (Å²) in [6, 6.07) is 7.91. The Morgan fingerprint density at radius 3 is 2.18 bits per heavy atom. The maximum absolute atomic E-state index is 7.45. The second kappa shape index (κ2) is 6.03. The predicted octanol–water partition coefficient (Wildman–Crippen LogP) is 1.78. The third kappa shape index (κ3) is 3.72. The van der Waals surface area contributed by atoms with Gasteiger partial charge in [-0.15, -0.1) is 0 Å². The number of hydrogen-bond acceptors (Lipinski definition) is 2. The van der Waals surface area contributed by atoms with Gasteiger partial charge in [-0.3, -0.25) is 0 Å². The van der Waals surface area contributed by atoms with Crippen molar-refractivity contribution in [3.05, 3.63) is 29.8 Å². The lowest BCUT2D eigenvalue weighted by atomic mass is 10.1. The molecule has 1 aliphatic heterocycles. The van der Waals surface area contributed by atoms with Crippen LogP contribution >= 0.6 is 0 Å². The first-order valence-corrected chi connectivity index (χ1v) is 6.53. The van der Waals surface area contributed by atoms with Crippen molar-refractivity contribution in [2.45, 2.75) is 13.3 Å². The van der Waals surface area contributed by atoms with Gasteiger partial charge >= 0.3 is 0 Å². The maximum Gasteiger partial charge on any atom is 0.0540 e. The summed E-state index contributed by atoms with van der Waals surface area (Å²) >= 11 is 0. The van der Waals surface area contributed by atoms with Gasteiger partial charge in [-0.2, -0.15) is 0 Å². The molecule has 0 spiro atoms. The Hall–Kier alpha value is -1.06. The van der Waals surface area contributed by atoms with Crippen LogP contribution in [0.25, 0.3) is 0 Å². The van der Waals surface area contributed by atoms with Gasteiger partial charge in [-0.05, 0) is 30.7 Å². The zero-order valence-electron chi connectivity index (χ0n) is 10.7. The van der Waals surface area contributed by atoms with E-state index < -0.39 is 0 Å². The summed E-state index contributed by atoms with van der Waals surface area (Å²) in [5.74, 6) is 0. The summed E-state index contributed by atoms with van der Waals surface area (Å²) in [5, 5.41) is 0. The molecule has 3 nitrogen and oxygen atoms in total. The molecule has 0 aromatic heterocycles. The second-order valence-corrected chi connectivity index (χ2v) is 4.72. The molecule has 0 saturated carbocycles. The summed E-state index contributed by atoms with van der Waals surface area (Å²) in [6.45, 7) is 9.38. The van der Waals surface area contributed by atoms with Crippen LogP contribution in [0.3, 0.4) is 0 Å². The number of hydrogen-bond donors (Lipinski definition) is 0. The first-order valence-electron chi connectivity index (χ1n) is 6.53. The Morgan fingerprint density at radius 1 is 1.00 bits per heavy atom. The fraction of sp³-hybridized carbons (Fsp3) is 0.571. The lowest BCUT2D eigenvalue weighted by Gasteiger charge is -2.34. The van der Waals surface area contributed by atoms with Crippen LogP contribution in [0.4, 0.5) is 5.69 Å². The van der Waals surface area contributed by atoms with Crippen molar-refractivity contribution in [2.75, 3.05) is 39.3 Å². The summed E-state index contributed by atoms with van der Waals surface area (Å²) < 4.78 is 0. The second-order valence-electron chi connectivity index (χ2n) is 4.72. The molecule has 3 heteroatoms. The molecule has 1 heterocycles. The van der Waals surface area contributed by atoms with Crippen LogP contribution in [-0.2, 0) is 6.42 Å². The number of nitrogens with zero attached hydrogens (tertiary/aromatic N) is 2. The van der Waals surface area contributed by atoms with E-state index in [-0.39, 0.29) is 0 Å². The molecule has 1 fully saturated rings. The molecule has 2 rings (SSSR count). The SMILES string of the molecule is CCN1CCN(CCc2ccc([NH])cc2)CC1. The molecule has 0 bridgehead atoms. The van der Waals surface area contributed by atoms with Gasteiger partial charge in [0.1, 0.15) is 0 Å². The Balaban J connectivity index is 1.74.